The lowest BCUT2D eigenvalue weighted by Gasteiger charge is -2.36. The minimum Gasteiger partial charge on any atom is -0.444 e. The van der Waals surface area contributed by atoms with Crippen molar-refractivity contribution in [3.05, 3.63) is 29.6 Å². The van der Waals surface area contributed by atoms with Gasteiger partial charge in [0.25, 0.3) is 0 Å². The summed E-state index contributed by atoms with van der Waals surface area (Å²) in [6, 6.07) is 5.85. The first-order valence-electron chi connectivity index (χ1n) is 8.20. The minimum absolute atomic E-state index is 0.276. The number of nitrogens with two attached hydrogens (primary N) is 1. The Labute approximate surface area is 143 Å². The van der Waals surface area contributed by atoms with E-state index in [9.17, 15) is 4.79 Å². The highest BCUT2D eigenvalue weighted by molar-refractivity contribution is 5.78. The van der Waals surface area contributed by atoms with Crippen molar-refractivity contribution in [2.75, 3.05) is 26.2 Å². The van der Waals surface area contributed by atoms with Crippen LogP contribution < -0.4 is 5.73 Å². The van der Waals surface area contributed by atoms with E-state index in [4.69, 9.17) is 10.5 Å². The van der Waals surface area contributed by atoms with Crippen molar-refractivity contribution in [2.45, 2.75) is 39.8 Å². The molecule has 0 bridgehead atoms. The molecular formula is C17H27N5O2. The molecule has 0 radical (unpaired) electrons. The van der Waals surface area contributed by atoms with Crippen molar-refractivity contribution in [2.24, 2.45) is 10.7 Å². The van der Waals surface area contributed by atoms with Crippen LogP contribution in [0.5, 0.6) is 0 Å². The normalized spacial score (nSPS) is 16.2. The molecule has 1 amide bonds. The van der Waals surface area contributed by atoms with Crippen LogP contribution in [0, 0.1) is 6.92 Å². The smallest absolute Gasteiger partial charge is 0.410 e. The Morgan fingerprint density at radius 2 is 1.88 bits per heavy atom. The number of nitrogens with zero attached hydrogens (tertiary/aromatic N) is 4. The Bertz CT molecular complexity index is 601. The van der Waals surface area contributed by atoms with Gasteiger partial charge in [-0.25, -0.2) is 9.79 Å². The van der Waals surface area contributed by atoms with E-state index in [0.717, 1.165) is 11.4 Å². The zero-order valence-electron chi connectivity index (χ0n) is 15.0. The molecule has 2 N–H and O–H groups in total. The molecule has 1 saturated heterocycles. The minimum atomic E-state index is -0.477. The van der Waals surface area contributed by atoms with Gasteiger partial charge in [0.2, 0.25) is 0 Å². The molecule has 0 saturated carbocycles. The zero-order valence-corrected chi connectivity index (χ0v) is 15.0. The van der Waals surface area contributed by atoms with Crippen molar-refractivity contribution in [1.29, 1.82) is 0 Å². The summed E-state index contributed by atoms with van der Waals surface area (Å²) in [5, 5.41) is 0. The average Bonchev–Trinajstić information content (AvgIpc) is 2.51. The lowest BCUT2D eigenvalue weighted by molar-refractivity contribution is 0.0186. The Morgan fingerprint density at radius 3 is 2.46 bits per heavy atom. The van der Waals surface area contributed by atoms with Gasteiger partial charge in [0.1, 0.15) is 5.60 Å². The quantitative estimate of drug-likeness (QED) is 0.658. The van der Waals surface area contributed by atoms with E-state index in [-0.39, 0.29) is 6.09 Å². The molecule has 7 nitrogen and oxygen atoms in total. The predicted molar refractivity (Wildman–Crippen MR) is 93.7 cm³/mol. The monoisotopic (exact) mass is 333 g/mol. The molecule has 24 heavy (non-hydrogen) atoms. The fourth-order valence-corrected chi connectivity index (χ4v) is 2.39. The first kappa shape index (κ1) is 18.0. The number of guanidine groups is 1. The highest BCUT2D eigenvalue weighted by Crippen LogP contribution is 2.12. The number of pyridine rings is 1. The Kier molecular flexibility index (Phi) is 5.64. The summed E-state index contributed by atoms with van der Waals surface area (Å²) in [7, 11) is 0. The molecule has 1 aromatic heterocycles. The van der Waals surface area contributed by atoms with Gasteiger partial charge in [-0.15, -0.1) is 0 Å². The number of aliphatic imine (C=N–C) groups is 1. The third-order valence-electron chi connectivity index (χ3n) is 3.60. The number of ether oxygens (including phenoxy) is 1. The molecular weight excluding hydrogens is 306 g/mol. The van der Waals surface area contributed by atoms with Gasteiger partial charge in [-0.1, -0.05) is 6.07 Å². The fourth-order valence-electron chi connectivity index (χ4n) is 2.39. The number of carbonyl (C=O) groups is 1. The summed E-state index contributed by atoms with van der Waals surface area (Å²) >= 11 is 0. The van der Waals surface area contributed by atoms with Crippen molar-refractivity contribution in [1.82, 2.24) is 14.8 Å². The summed E-state index contributed by atoms with van der Waals surface area (Å²) < 4.78 is 5.39. The van der Waals surface area contributed by atoms with Crippen LogP contribution in [0.2, 0.25) is 0 Å². The number of hydrogen-bond acceptors (Lipinski definition) is 4. The summed E-state index contributed by atoms with van der Waals surface area (Å²) in [6.45, 7) is 10.5. The molecule has 0 aliphatic carbocycles. The van der Waals surface area contributed by atoms with Crippen LogP contribution in [0.1, 0.15) is 32.2 Å². The van der Waals surface area contributed by atoms with Gasteiger partial charge in [-0.3, -0.25) is 4.98 Å². The van der Waals surface area contributed by atoms with Gasteiger partial charge in [-0.05, 0) is 39.8 Å². The van der Waals surface area contributed by atoms with Gasteiger partial charge < -0.3 is 20.3 Å². The molecule has 0 atom stereocenters. The van der Waals surface area contributed by atoms with Gasteiger partial charge in [0.05, 0.1) is 12.2 Å². The van der Waals surface area contributed by atoms with Gasteiger partial charge in [0.15, 0.2) is 5.96 Å². The first-order valence-corrected chi connectivity index (χ1v) is 8.20. The van der Waals surface area contributed by atoms with Gasteiger partial charge in [-0.2, -0.15) is 0 Å². The maximum Gasteiger partial charge on any atom is 0.410 e. The SMILES string of the molecule is Cc1cccc(CN=C(N)N2CCN(C(=O)OC(C)(C)C)CC2)n1. The van der Waals surface area contributed by atoms with Crippen molar-refractivity contribution < 1.29 is 9.53 Å². The molecule has 1 aliphatic rings. The molecule has 1 fully saturated rings. The molecule has 1 aliphatic heterocycles. The summed E-state index contributed by atoms with van der Waals surface area (Å²) in [6.07, 6.45) is -0.276. The molecule has 0 aromatic carbocycles. The molecule has 0 spiro atoms. The zero-order chi connectivity index (χ0) is 17.7. The number of hydrogen-bond donors (Lipinski definition) is 1. The highest BCUT2D eigenvalue weighted by Gasteiger charge is 2.26. The van der Waals surface area contributed by atoms with Crippen molar-refractivity contribution >= 4 is 12.1 Å². The first-order chi connectivity index (χ1) is 11.2. The van der Waals surface area contributed by atoms with Crippen LogP contribution >= 0.6 is 0 Å². The molecule has 1 aromatic rings. The van der Waals surface area contributed by atoms with E-state index < -0.39 is 5.60 Å². The van der Waals surface area contributed by atoms with Crippen LogP contribution in [-0.4, -0.2) is 58.6 Å². The molecule has 0 unspecified atom stereocenters. The number of piperazine rings is 1. The second-order valence-corrected chi connectivity index (χ2v) is 6.90. The number of carbonyl (C=O) groups excluding carboxylic acids is 1. The molecule has 2 rings (SSSR count). The number of amides is 1. The van der Waals surface area contributed by atoms with Crippen molar-refractivity contribution in [3.8, 4) is 0 Å². The topological polar surface area (TPSA) is 84.0 Å². The maximum absolute atomic E-state index is 12.0. The van der Waals surface area contributed by atoms with E-state index in [0.29, 0.717) is 38.7 Å². The van der Waals surface area contributed by atoms with Crippen LogP contribution in [0.15, 0.2) is 23.2 Å². The average molecular weight is 333 g/mol. The van der Waals surface area contributed by atoms with E-state index in [1.807, 2.05) is 50.8 Å². The molecule has 7 heteroatoms. The molecule has 2 heterocycles. The summed E-state index contributed by atoms with van der Waals surface area (Å²) in [5.41, 5.74) is 7.45. The van der Waals surface area contributed by atoms with Gasteiger partial charge >= 0.3 is 6.09 Å². The maximum atomic E-state index is 12.0. The highest BCUT2D eigenvalue weighted by atomic mass is 16.6. The fraction of sp³-hybridized carbons (Fsp3) is 0.588. The summed E-state index contributed by atoms with van der Waals surface area (Å²) in [5.74, 6) is 0.488. The second-order valence-electron chi connectivity index (χ2n) is 6.90. The van der Waals surface area contributed by atoms with Crippen molar-refractivity contribution in [3.63, 3.8) is 0 Å². The predicted octanol–water partition coefficient (Wildman–Crippen LogP) is 1.76. The lowest BCUT2D eigenvalue weighted by atomic mass is 10.2. The standard InChI is InChI=1S/C17H27N5O2/c1-13-6-5-7-14(20-13)12-19-15(18)21-8-10-22(11-9-21)16(23)24-17(2,3)4/h5-7H,8-12H2,1-4H3,(H2,18,19). The van der Waals surface area contributed by atoms with Crippen LogP contribution in [0.3, 0.4) is 0 Å². The third kappa shape index (κ3) is 5.40. The Morgan fingerprint density at radius 1 is 1.25 bits per heavy atom. The van der Waals surface area contributed by atoms with Gasteiger partial charge in [0, 0.05) is 31.9 Å². The second kappa shape index (κ2) is 7.51. The van der Waals surface area contributed by atoms with E-state index in [2.05, 4.69) is 9.98 Å². The van der Waals surface area contributed by atoms with Crippen LogP contribution in [0.25, 0.3) is 0 Å². The summed E-state index contributed by atoms with van der Waals surface area (Å²) in [4.78, 5) is 24.6. The largest absolute Gasteiger partial charge is 0.444 e. The van der Waals surface area contributed by atoms with E-state index >= 15 is 0 Å². The molecule has 132 valence electrons. The number of aromatic nitrogens is 1. The number of rotatable bonds is 2. The van der Waals surface area contributed by atoms with E-state index in [1.54, 1.807) is 4.90 Å². The van der Waals surface area contributed by atoms with Crippen LogP contribution in [0.4, 0.5) is 4.79 Å². The third-order valence-corrected chi connectivity index (χ3v) is 3.60. The Hall–Kier alpha value is -2.31. The number of aryl methyl sites for hydroxylation is 1. The Balaban J connectivity index is 1.85. The van der Waals surface area contributed by atoms with E-state index in [1.165, 1.54) is 0 Å². The lowest BCUT2D eigenvalue weighted by Crippen LogP contribution is -2.53. The van der Waals surface area contributed by atoms with Crippen LogP contribution in [-0.2, 0) is 11.3 Å².